The van der Waals surface area contributed by atoms with E-state index >= 15 is 0 Å². The molecule has 2 atom stereocenters. The number of rotatable bonds is 10. The highest BCUT2D eigenvalue weighted by Crippen LogP contribution is 2.36. The van der Waals surface area contributed by atoms with Gasteiger partial charge in [-0.1, -0.05) is 35.3 Å². The van der Waals surface area contributed by atoms with Crippen molar-refractivity contribution < 1.29 is 0 Å². The molecule has 20 heteroatoms. The van der Waals surface area contributed by atoms with Crippen LogP contribution < -0.4 is 21.7 Å². The van der Waals surface area contributed by atoms with Gasteiger partial charge in [0, 0.05) is 39.2 Å². The predicted molar refractivity (Wildman–Crippen MR) is 225 cm³/mol. The van der Waals surface area contributed by atoms with Gasteiger partial charge in [0.15, 0.2) is 27.4 Å². The van der Waals surface area contributed by atoms with Gasteiger partial charge in [-0.2, -0.15) is 32.1 Å². The molecule has 5 N–H and O–H groups in total. The van der Waals surface area contributed by atoms with Gasteiger partial charge >= 0.3 is 0 Å². The maximum absolute atomic E-state index is 10.5. The van der Waals surface area contributed by atoms with E-state index in [9.17, 15) is 10.5 Å². The molecular weight excluding hydrogens is 810 g/mol. The zero-order chi connectivity index (χ0) is 40.8. The Kier molecular flexibility index (Phi) is 9.49. The van der Waals surface area contributed by atoms with Crippen molar-refractivity contribution in [2.45, 2.75) is 25.9 Å². The molecule has 0 saturated carbocycles. The molecule has 0 aliphatic carbocycles. The van der Waals surface area contributed by atoms with Crippen molar-refractivity contribution in [2.75, 3.05) is 21.7 Å². The fraction of sp³-hybridized carbons (Fsp3) is 0.103. The Balaban J connectivity index is 1.04. The molecule has 0 bridgehead atoms. The lowest BCUT2D eigenvalue weighted by molar-refractivity contribution is 0.840. The molecule has 0 aliphatic heterocycles. The highest BCUT2D eigenvalue weighted by Gasteiger charge is 2.23. The van der Waals surface area contributed by atoms with Crippen molar-refractivity contribution in [1.82, 2.24) is 54.1 Å². The summed E-state index contributed by atoms with van der Waals surface area (Å²) in [4.78, 5) is 30.6. The smallest absolute Gasteiger partial charge is 0.155 e. The minimum absolute atomic E-state index is 0.0673. The van der Waals surface area contributed by atoms with E-state index in [0.29, 0.717) is 50.1 Å². The molecule has 0 unspecified atom stereocenters. The molecule has 1 aromatic carbocycles. The third-order valence-corrected chi connectivity index (χ3v) is 10.8. The lowest BCUT2D eigenvalue weighted by Gasteiger charge is -2.20. The standard InChI is InChI=1S/C39H27Cl2N17S/c1-19(52-37-26(12-42)36(44)48-17-49-37)24-10-32-46-14-30(40)57(32)55-34(24)21-3-4-23-28(5-7-45-29(23)9-21)54-39-27(13-43)38(50-18-51-39)53-20(2)25-11-33-47-15-31(41)58(33)56-35(25)22-6-8-59-16-22/h3-11,14-20H,1-2H3,(H3,44,48,49,52)(H2,45,50,51,53,54)/t19-,20-/m0/s1. The first kappa shape index (κ1) is 37.1. The van der Waals surface area contributed by atoms with Crippen molar-refractivity contribution >= 4 is 85.7 Å². The molecule has 288 valence electrons. The maximum atomic E-state index is 10.5. The maximum Gasteiger partial charge on any atom is 0.155 e. The summed E-state index contributed by atoms with van der Waals surface area (Å²) in [6.45, 7) is 3.87. The highest BCUT2D eigenvalue weighted by atomic mass is 35.5. The molecule has 0 amide bonds. The molecule has 17 nitrogen and oxygen atoms in total. The zero-order valence-electron chi connectivity index (χ0n) is 30.8. The van der Waals surface area contributed by atoms with Gasteiger partial charge in [0.1, 0.15) is 53.4 Å². The lowest BCUT2D eigenvalue weighted by Crippen LogP contribution is -2.14. The molecule has 59 heavy (non-hydrogen) atoms. The molecule has 8 heterocycles. The summed E-state index contributed by atoms with van der Waals surface area (Å²) in [7, 11) is 0. The average molecular weight is 837 g/mol. The molecule has 0 radical (unpaired) electrons. The fourth-order valence-electron chi connectivity index (χ4n) is 6.72. The number of anilines is 5. The number of nitrogens with two attached hydrogens (primary N) is 1. The molecule has 0 saturated heterocycles. The molecule has 0 aliphatic rings. The van der Waals surface area contributed by atoms with Crippen molar-refractivity contribution in [2.24, 2.45) is 0 Å². The van der Waals surface area contributed by atoms with E-state index in [1.807, 2.05) is 61.0 Å². The van der Waals surface area contributed by atoms with Crippen LogP contribution in [-0.2, 0) is 0 Å². The van der Waals surface area contributed by atoms with Crippen LogP contribution in [0, 0.1) is 22.7 Å². The number of thiophene rings is 1. The summed E-state index contributed by atoms with van der Waals surface area (Å²) < 4.78 is 3.13. The summed E-state index contributed by atoms with van der Waals surface area (Å²) in [6.07, 6.45) is 7.43. The van der Waals surface area contributed by atoms with Gasteiger partial charge in [-0.15, -0.1) is 0 Å². The largest absolute Gasteiger partial charge is 0.382 e. The molecule has 0 fully saturated rings. The van der Waals surface area contributed by atoms with Gasteiger partial charge in [-0.05, 0) is 49.6 Å². The molecule has 9 rings (SSSR count). The van der Waals surface area contributed by atoms with Crippen LogP contribution in [0.5, 0.6) is 0 Å². The van der Waals surface area contributed by atoms with E-state index < -0.39 is 6.04 Å². The number of nitrogens with one attached hydrogen (secondary N) is 3. The SMILES string of the molecule is C[C@H](Nc1ncnc(N)c1C#N)c1cc2ncc(Cl)n2nc1-c1ccc2c(Nc3ncnc(N[C@@H](C)c4cc5ncc(Cl)n5nc4-c4ccsc4)c3C#N)ccnc2c1. The van der Waals surface area contributed by atoms with E-state index in [2.05, 4.69) is 63.0 Å². The van der Waals surface area contributed by atoms with Crippen LogP contribution in [0.2, 0.25) is 10.3 Å². The molecular formula is C39H27Cl2N17S. The van der Waals surface area contributed by atoms with Crippen molar-refractivity contribution in [3.63, 3.8) is 0 Å². The monoisotopic (exact) mass is 835 g/mol. The van der Waals surface area contributed by atoms with Crippen molar-refractivity contribution in [1.29, 1.82) is 10.5 Å². The average Bonchev–Trinajstić information content (AvgIpc) is 4.00. The number of halogens is 2. The number of fused-ring (bicyclic) bond motifs is 3. The normalized spacial score (nSPS) is 12.3. The van der Waals surface area contributed by atoms with Crippen molar-refractivity contribution in [3.05, 3.63) is 117 Å². The van der Waals surface area contributed by atoms with Gasteiger partial charge in [-0.3, -0.25) is 4.98 Å². The zero-order valence-corrected chi connectivity index (χ0v) is 33.1. The van der Waals surface area contributed by atoms with Crippen LogP contribution >= 0.6 is 34.5 Å². The fourth-order valence-corrected chi connectivity index (χ4v) is 7.71. The number of nitriles is 2. The summed E-state index contributed by atoms with van der Waals surface area (Å²) >= 11 is 14.4. The number of nitrogen functional groups attached to an aromatic ring is 1. The van der Waals surface area contributed by atoms with E-state index in [1.165, 1.54) is 18.9 Å². The molecule has 0 spiro atoms. The third-order valence-electron chi connectivity index (χ3n) is 9.61. The van der Waals surface area contributed by atoms with Crippen LogP contribution in [0.25, 0.3) is 44.7 Å². The highest BCUT2D eigenvalue weighted by molar-refractivity contribution is 7.08. The van der Waals surface area contributed by atoms with Gasteiger partial charge in [0.2, 0.25) is 0 Å². The second-order valence-corrected chi connectivity index (χ2v) is 14.8. The van der Waals surface area contributed by atoms with Gasteiger partial charge in [-0.25, -0.2) is 38.9 Å². The molecule has 9 aromatic rings. The number of benzene rings is 1. The van der Waals surface area contributed by atoms with Crippen molar-refractivity contribution in [3.8, 4) is 34.7 Å². The number of imidazole rings is 2. The Hall–Kier alpha value is -7.51. The van der Waals surface area contributed by atoms with Crippen LogP contribution in [-0.4, -0.2) is 54.1 Å². The Labute approximate surface area is 348 Å². The second kappa shape index (κ2) is 15.1. The summed E-state index contributed by atoms with van der Waals surface area (Å²) in [6, 6.07) is 16.9. The Morgan fingerprint density at radius 2 is 1.32 bits per heavy atom. The summed E-state index contributed by atoms with van der Waals surface area (Å²) in [5.74, 6) is 0.979. The number of hydrogen-bond donors (Lipinski definition) is 4. The Bertz CT molecular complexity index is 3170. The first-order chi connectivity index (χ1) is 28.7. The Morgan fingerprint density at radius 3 is 1.95 bits per heavy atom. The Morgan fingerprint density at radius 1 is 0.712 bits per heavy atom. The van der Waals surface area contributed by atoms with E-state index in [0.717, 1.165) is 33.3 Å². The number of pyridine rings is 1. The minimum Gasteiger partial charge on any atom is -0.382 e. The summed E-state index contributed by atoms with van der Waals surface area (Å²) in [5.41, 5.74) is 13.3. The van der Waals surface area contributed by atoms with Crippen LogP contribution in [0.4, 0.5) is 29.0 Å². The second-order valence-electron chi connectivity index (χ2n) is 13.2. The van der Waals surface area contributed by atoms with E-state index in [1.54, 1.807) is 38.8 Å². The number of aromatic nitrogens is 11. The minimum atomic E-state index is -0.422. The first-order valence-electron chi connectivity index (χ1n) is 17.8. The predicted octanol–water partition coefficient (Wildman–Crippen LogP) is 8.02. The van der Waals surface area contributed by atoms with Crippen LogP contribution in [0.3, 0.4) is 0 Å². The van der Waals surface area contributed by atoms with Gasteiger partial charge < -0.3 is 21.7 Å². The van der Waals surface area contributed by atoms with Gasteiger partial charge in [0.05, 0.1) is 47.1 Å². The lowest BCUT2D eigenvalue weighted by atomic mass is 9.99. The van der Waals surface area contributed by atoms with E-state index in [4.69, 9.17) is 39.1 Å². The number of nitrogens with zero attached hydrogens (tertiary/aromatic N) is 13. The van der Waals surface area contributed by atoms with Gasteiger partial charge in [0.25, 0.3) is 0 Å². The quantitative estimate of drug-likeness (QED) is 0.102. The third kappa shape index (κ3) is 6.76. The first-order valence-corrected chi connectivity index (χ1v) is 19.5. The molecule has 8 aromatic heterocycles. The van der Waals surface area contributed by atoms with Crippen LogP contribution in [0.1, 0.15) is 48.2 Å². The topological polar surface area (TPSA) is 235 Å². The van der Waals surface area contributed by atoms with E-state index in [-0.39, 0.29) is 28.8 Å². The number of hydrogen-bond acceptors (Lipinski definition) is 16. The van der Waals surface area contributed by atoms with Crippen LogP contribution in [0.15, 0.2) is 84.5 Å². The summed E-state index contributed by atoms with van der Waals surface area (Å²) in [5, 5.41) is 45.4.